The van der Waals surface area contributed by atoms with Gasteiger partial charge >= 0.3 is 0 Å². The van der Waals surface area contributed by atoms with E-state index in [1.807, 2.05) is 30.3 Å². The number of sulfonamides is 1. The molecule has 0 fully saturated rings. The minimum absolute atomic E-state index is 0.239. The molecule has 0 amide bonds. The summed E-state index contributed by atoms with van der Waals surface area (Å²) < 4.78 is 30.5. The summed E-state index contributed by atoms with van der Waals surface area (Å²) in [6.07, 6.45) is 1.33. The maximum atomic E-state index is 12.4. The summed E-state index contributed by atoms with van der Waals surface area (Å²) in [6, 6.07) is 20.4. The van der Waals surface area contributed by atoms with Gasteiger partial charge in [0.15, 0.2) is 0 Å². The zero-order chi connectivity index (χ0) is 21.6. The van der Waals surface area contributed by atoms with E-state index in [1.165, 1.54) is 25.3 Å². The Labute approximate surface area is 174 Å². The molecule has 0 bridgehead atoms. The largest absolute Gasteiger partial charge is 0.489 e. The molecular formula is C21H19N3O5S. The fourth-order valence-corrected chi connectivity index (χ4v) is 3.41. The highest BCUT2D eigenvalue weighted by Crippen LogP contribution is 2.22. The molecule has 0 unspecified atom stereocenters. The first-order valence-corrected chi connectivity index (χ1v) is 10.4. The van der Waals surface area contributed by atoms with Crippen LogP contribution in [0.15, 0.2) is 82.8 Å². The minimum atomic E-state index is -4.04. The van der Waals surface area contributed by atoms with Crippen LogP contribution >= 0.6 is 0 Å². The molecule has 0 aliphatic heterocycles. The van der Waals surface area contributed by atoms with Crippen LogP contribution in [0.3, 0.4) is 0 Å². The van der Waals surface area contributed by atoms with Crippen molar-refractivity contribution in [3.8, 4) is 5.75 Å². The van der Waals surface area contributed by atoms with Gasteiger partial charge in [-0.15, -0.1) is 0 Å². The molecule has 154 valence electrons. The molecule has 0 aromatic heterocycles. The molecule has 1 N–H and O–H groups in total. The Hall–Kier alpha value is -3.72. The molecule has 0 saturated carbocycles. The average molecular weight is 425 g/mol. The summed E-state index contributed by atoms with van der Waals surface area (Å²) >= 11 is 0. The van der Waals surface area contributed by atoms with Crippen LogP contribution in [0, 0.1) is 17.0 Å². The third-order valence-electron chi connectivity index (χ3n) is 4.18. The van der Waals surface area contributed by atoms with E-state index in [4.69, 9.17) is 4.74 Å². The van der Waals surface area contributed by atoms with Crippen molar-refractivity contribution in [2.75, 3.05) is 0 Å². The number of nitrogens with zero attached hydrogens (tertiary/aromatic N) is 2. The number of hydrogen-bond donors (Lipinski definition) is 1. The number of ether oxygens (including phenoxy) is 1. The highest BCUT2D eigenvalue weighted by atomic mass is 32.2. The van der Waals surface area contributed by atoms with E-state index in [0.717, 1.165) is 11.6 Å². The smallest absolute Gasteiger partial charge is 0.276 e. The summed E-state index contributed by atoms with van der Waals surface area (Å²) in [5, 5.41) is 14.8. The Bertz CT molecular complexity index is 1180. The van der Waals surface area contributed by atoms with E-state index in [2.05, 4.69) is 9.93 Å². The fourth-order valence-electron chi connectivity index (χ4n) is 2.60. The molecule has 9 heteroatoms. The quantitative estimate of drug-likeness (QED) is 0.335. The standard InChI is InChI=1S/C21H19N3O5S/c1-16-10-11-20(13-21(16)24(25)26)30(27,28)23-22-14-18-8-5-9-19(12-18)29-15-17-6-3-2-4-7-17/h2-14,23H,15H2,1H3/b22-14-. The second-order valence-corrected chi connectivity index (χ2v) is 8.07. The zero-order valence-electron chi connectivity index (χ0n) is 16.1. The Balaban J connectivity index is 1.67. The van der Waals surface area contributed by atoms with Crippen LogP contribution in [0.25, 0.3) is 0 Å². The van der Waals surface area contributed by atoms with Crippen LogP contribution in [0.5, 0.6) is 5.75 Å². The van der Waals surface area contributed by atoms with Gasteiger partial charge in [0.1, 0.15) is 12.4 Å². The van der Waals surface area contributed by atoms with Crippen LogP contribution in [-0.4, -0.2) is 19.6 Å². The number of nitro groups is 1. The first-order valence-electron chi connectivity index (χ1n) is 8.92. The molecule has 0 radical (unpaired) electrons. The van der Waals surface area contributed by atoms with Gasteiger partial charge in [0.05, 0.1) is 16.0 Å². The molecular weight excluding hydrogens is 406 g/mol. The number of hydrazone groups is 1. The number of aryl methyl sites for hydroxylation is 1. The van der Waals surface area contributed by atoms with E-state index in [-0.39, 0.29) is 10.6 Å². The molecule has 0 saturated heterocycles. The average Bonchev–Trinajstić information content (AvgIpc) is 2.73. The maximum absolute atomic E-state index is 12.4. The predicted octanol–water partition coefficient (Wildman–Crippen LogP) is 3.79. The van der Waals surface area contributed by atoms with Crippen molar-refractivity contribution in [1.29, 1.82) is 0 Å². The first-order chi connectivity index (χ1) is 14.3. The Kier molecular flexibility index (Phi) is 6.43. The van der Waals surface area contributed by atoms with Crippen molar-refractivity contribution in [1.82, 2.24) is 4.83 Å². The topological polar surface area (TPSA) is 111 Å². The Morgan fingerprint density at radius 1 is 1.07 bits per heavy atom. The van der Waals surface area contributed by atoms with Gasteiger partial charge in [-0.25, -0.2) is 4.83 Å². The van der Waals surface area contributed by atoms with Crippen molar-refractivity contribution < 1.29 is 18.1 Å². The first kappa shape index (κ1) is 21.0. The molecule has 0 spiro atoms. The van der Waals surface area contributed by atoms with Gasteiger partial charge in [0.25, 0.3) is 15.7 Å². The number of nitrogens with one attached hydrogen (secondary N) is 1. The van der Waals surface area contributed by atoms with E-state index in [9.17, 15) is 18.5 Å². The van der Waals surface area contributed by atoms with Gasteiger partial charge in [-0.3, -0.25) is 10.1 Å². The predicted molar refractivity (Wildman–Crippen MR) is 113 cm³/mol. The lowest BCUT2D eigenvalue weighted by Crippen LogP contribution is -2.18. The zero-order valence-corrected chi connectivity index (χ0v) is 16.9. The van der Waals surface area contributed by atoms with Gasteiger partial charge in [0.2, 0.25) is 0 Å². The Morgan fingerprint density at radius 3 is 2.57 bits per heavy atom. The van der Waals surface area contributed by atoms with Gasteiger partial charge in [0, 0.05) is 11.6 Å². The van der Waals surface area contributed by atoms with Gasteiger partial charge in [-0.1, -0.05) is 48.5 Å². The second-order valence-electron chi connectivity index (χ2n) is 6.41. The maximum Gasteiger partial charge on any atom is 0.276 e. The van der Waals surface area contributed by atoms with E-state index in [0.29, 0.717) is 23.5 Å². The fraction of sp³-hybridized carbons (Fsp3) is 0.0952. The van der Waals surface area contributed by atoms with Crippen molar-refractivity contribution in [2.45, 2.75) is 18.4 Å². The lowest BCUT2D eigenvalue weighted by atomic mass is 10.2. The molecule has 0 heterocycles. The van der Waals surface area contributed by atoms with Crippen molar-refractivity contribution in [2.24, 2.45) is 5.10 Å². The van der Waals surface area contributed by atoms with Crippen molar-refractivity contribution in [3.05, 3.63) is 99.6 Å². The van der Waals surface area contributed by atoms with E-state index < -0.39 is 14.9 Å². The van der Waals surface area contributed by atoms with Crippen molar-refractivity contribution in [3.63, 3.8) is 0 Å². The van der Waals surface area contributed by atoms with E-state index >= 15 is 0 Å². The lowest BCUT2D eigenvalue weighted by molar-refractivity contribution is -0.385. The van der Waals surface area contributed by atoms with Gasteiger partial charge < -0.3 is 4.74 Å². The van der Waals surface area contributed by atoms with Crippen LogP contribution in [0.2, 0.25) is 0 Å². The molecule has 30 heavy (non-hydrogen) atoms. The van der Waals surface area contributed by atoms with Crippen LogP contribution < -0.4 is 9.57 Å². The third-order valence-corrected chi connectivity index (χ3v) is 5.40. The lowest BCUT2D eigenvalue weighted by Gasteiger charge is -2.07. The van der Waals surface area contributed by atoms with Gasteiger partial charge in [-0.05, 0) is 36.2 Å². The Morgan fingerprint density at radius 2 is 1.83 bits per heavy atom. The minimum Gasteiger partial charge on any atom is -0.489 e. The summed E-state index contributed by atoms with van der Waals surface area (Å²) in [7, 11) is -4.04. The summed E-state index contributed by atoms with van der Waals surface area (Å²) in [4.78, 5) is 12.2. The van der Waals surface area contributed by atoms with Crippen molar-refractivity contribution >= 4 is 21.9 Å². The second kappa shape index (κ2) is 9.19. The number of benzene rings is 3. The number of nitro benzene ring substituents is 1. The molecule has 3 aromatic carbocycles. The summed E-state index contributed by atoms with van der Waals surface area (Å²) in [5.41, 5.74) is 1.74. The van der Waals surface area contributed by atoms with Crippen LogP contribution in [0.1, 0.15) is 16.7 Å². The van der Waals surface area contributed by atoms with Gasteiger partial charge in [-0.2, -0.15) is 13.5 Å². The molecule has 0 atom stereocenters. The molecule has 0 aliphatic carbocycles. The van der Waals surface area contributed by atoms with Crippen LogP contribution in [0.4, 0.5) is 5.69 Å². The molecule has 8 nitrogen and oxygen atoms in total. The summed E-state index contributed by atoms with van der Waals surface area (Å²) in [6.45, 7) is 1.94. The van der Waals surface area contributed by atoms with Crippen LogP contribution in [-0.2, 0) is 16.6 Å². The highest BCUT2D eigenvalue weighted by molar-refractivity contribution is 7.89. The number of rotatable bonds is 8. The third kappa shape index (κ3) is 5.42. The summed E-state index contributed by atoms with van der Waals surface area (Å²) in [5.74, 6) is 0.611. The van der Waals surface area contributed by atoms with E-state index in [1.54, 1.807) is 24.3 Å². The normalized spacial score (nSPS) is 11.4. The molecule has 3 rings (SSSR count). The monoisotopic (exact) mass is 425 g/mol. The highest BCUT2D eigenvalue weighted by Gasteiger charge is 2.19. The molecule has 3 aromatic rings. The SMILES string of the molecule is Cc1ccc(S(=O)(=O)N/N=C\c2cccc(OCc3ccccc3)c2)cc1[N+](=O)[O-]. The molecule has 0 aliphatic rings. The number of hydrogen-bond acceptors (Lipinski definition) is 6.